The van der Waals surface area contributed by atoms with Crippen molar-refractivity contribution in [2.75, 3.05) is 7.11 Å². The lowest BCUT2D eigenvalue weighted by Gasteiger charge is -2.12. The Balaban J connectivity index is 1.59. The van der Waals surface area contributed by atoms with E-state index in [2.05, 4.69) is 15.4 Å². The summed E-state index contributed by atoms with van der Waals surface area (Å²) in [6, 6.07) is 5.33. The molecule has 2 aliphatic rings. The van der Waals surface area contributed by atoms with Crippen LogP contribution in [-0.2, 0) is 0 Å². The molecule has 30 heavy (non-hydrogen) atoms. The van der Waals surface area contributed by atoms with Crippen molar-refractivity contribution in [3.8, 4) is 17.1 Å². The van der Waals surface area contributed by atoms with Gasteiger partial charge < -0.3 is 15.0 Å². The molecule has 1 aromatic carbocycles. The van der Waals surface area contributed by atoms with Crippen LogP contribution in [0.3, 0.4) is 0 Å². The molecule has 2 saturated carbocycles. The molecule has 156 valence electrons. The number of carbonyl (C=O) groups is 1. The Kier molecular flexibility index (Phi) is 4.58. The molecule has 2 fully saturated rings. The normalized spacial score (nSPS) is 17.2. The maximum Gasteiger partial charge on any atom is 0.275 e. The minimum atomic E-state index is -0.259. The van der Waals surface area contributed by atoms with Gasteiger partial charge in [-0.3, -0.25) is 9.59 Å². The number of halogens is 1. The van der Waals surface area contributed by atoms with Gasteiger partial charge in [0.05, 0.1) is 17.7 Å². The van der Waals surface area contributed by atoms with Crippen LogP contribution >= 0.6 is 11.6 Å². The Labute approximate surface area is 178 Å². The lowest BCUT2D eigenvalue weighted by atomic mass is 10.1. The summed E-state index contributed by atoms with van der Waals surface area (Å²) in [6.07, 6.45) is 5.96. The Morgan fingerprint density at radius 3 is 2.77 bits per heavy atom. The molecule has 8 heteroatoms. The summed E-state index contributed by atoms with van der Waals surface area (Å²) in [5.74, 6) is 1.55. The highest BCUT2D eigenvalue weighted by molar-refractivity contribution is 6.32. The van der Waals surface area contributed by atoms with Gasteiger partial charge in [0.1, 0.15) is 11.3 Å². The lowest BCUT2D eigenvalue weighted by molar-refractivity contribution is 0.0935. The molecule has 3 aromatic rings. The molecule has 1 atom stereocenters. The largest absolute Gasteiger partial charge is 0.495 e. The summed E-state index contributed by atoms with van der Waals surface area (Å²) in [6.45, 7) is 2.04. The number of aromatic nitrogens is 3. The Morgan fingerprint density at radius 2 is 2.10 bits per heavy atom. The van der Waals surface area contributed by atoms with Gasteiger partial charge in [-0.25, -0.2) is 4.52 Å². The number of aromatic amines is 1. The maximum absolute atomic E-state index is 13.0. The molecule has 0 radical (unpaired) electrons. The number of amides is 1. The zero-order valence-electron chi connectivity index (χ0n) is 16.9. The van der Waals surface area contributed by atoms with Crippen molar-refractivity contribution in [1.82, 2.24) is 19.9 Å². The summed E-state index contributed by atoms with van der Waals surface area (Å²) >= 11 is 6.11. The third-order valence-electron chi connectivity index (χ3n) is 6.02. The highest BCUT2D eigenvalue weighted by Gasteiger charge is 2.35. The Bertz CT molecular complexity index is 1210. The highest BCUT2D eigenvalue weighted by Crippen LogP contribution is 2.44. The van der Waals surface area contributed by atoms with Gasteiger partial charge in [0, 0.05) is 23.4 Å². The lowest BCUT2D eigenvalue weighted by Crippen LogP contribution is -2.34. The van der Waals surface area contributed by atoms with E-state index >= 15 is 0 Å². The van der Waals surface area contributed by atoms with Crippen molar-refractivity contribution in [1.29, 1.82) is 0 Å². The zero-order valence-corrected chi connectivity index (χ0v) is 17.6. The van der Waals surface area contributed by atoms with Crippen molar-refractivity contribution >= 4 is 23.0 Å². The first kappa shape index (κ1) is 19.2. The number of ether oxygens (including phenoxy) is 1. The second-order valence-corrected chi connectivity index (χ2v) is 8.68. The van der Waals surface area contributed by atoms with E-state index in [-0.39, 0.29) is 23.4 Å². The van der Waals surface area contributed by atoms with E-state index in [4.69, 9.17) is 16.3 Å². The first-order valence-electron chi connectivity index (χ1n) is 10.3. The predicted molar refractivity (Wildman–Crippen MR) is 114 cm³/mol. The quantitative estimate of drug-likeness (QED) is 0.628. The van der Waals surface area contributed by atoms with E-state index in [1.54, 1.807) is 28.9 Å². The van der Waals surface area contributed by atoms with Gasteiger partial charge in [-0.2, -0.15) is 0 Å². The molecule has 2 aromatic heterocycles. The molecule has 0 bridgehead atoms. The number of hydrogen-bond donors (Lipinski definition) is 2. The van der Waals surface area contributed by atoms with Gasteiger partial charge in [-0.1, -0.05) is 11.6 Å². The molecule has 0 saturated heterocycles. The summed E-state index contributed by atoms with van der Waals surface area (Å²) < 4.78 is 6.81. The molecule has 2 heterocycles. The van der Waals surface area contributed by atoms with Gasteiger partial charge in [0.25, 0.3) is 11.5 Å². The number of nitrogens with one attached hydrogen (secondary N) is 2. The van der Waals surface area contributed by atoms with Crippen LogP contribution in [0.4, 0.5) is 0 Å². The SMILES string of the molecule is COc1cc(-c2nn3cc(C(=O)N[C@H](C)C4CC4)c(C4CC4)c3c(=O)[nH]2)ccc1Cl. The molecule has 1 amide bonds. The number of carbonyl (C=O) groups excluding carboxylic acids is 1. The van der Waals surface area contributed by atoms with Crippen LogP contribution in [0.25, 0.3) is 16.9 Å². The minimum Gasteiger partial charge on any atom is -0.495 e. The topological polar surface area (TPSA) is 88.5 Å². The second-order valence-electron chi connectivity index (χ2n) is 8.28. The van der Waals surface area contributed by atoms with Gasteiger partial charge in [-0.15, -0.1) is 5.10 Å². The third kappa shape index (κ3) is 3.37. The fourth-order valence-electron chi connectivity index (χ4n) is 4.01. The van der Waals surface area contributed by atoms with Crippen LogP contribution in [0.15, 0.2) is 29.2 Å². The van der Waals surface area contributed by atoms with E-state index in [1.165, 1.54) is 7.11 Å². The van der Waals surface area contributed by atoms with Crippen LogP contribution < -0.4 is 15.6 Å². The molecular weight excluding hydrogens is 404 g/mol. The maximum atomic E-state index is 13.0. The fraction of sp³-hybridized carbons (Fsp3) is 0.409. The van der Waals surface area contributed by atoms with Crippen LogP contribution in [-0.4, -0.2) is 33.7 Å². The summed E-state index contributed by atoms with van der Waals surface area (Å²) in [7, 11) is 1.53. The Hall–Kier alpha value is -2.80. The number of H-pyrrole nitrogens is 1. The fourth-order valence-corrected chi connectivity index (χ4v) is 4.21. The predicted octanol–water partition coefficient (Wildman–Crippen LogP) is 3.76. The molecule has 5 rings (SSSR count). The van der Waals surface area contributed by atoms with Crippen LogP contribution in [0.2, 0.25) is 5.02 Å². The van der Waals surface area contributed by atoms with E-state index in [9.17, 15) is 9.59 Å². The first-order chi connectivity index (χ1) is 14.5. The van der Waals surface area contributed by atoms with Crippen LogP contribution in [0, 0.1) is 5.92 Å². The van der Waals surface area contributed by atoms with E-state index in [1.807, 2.05) is 6.92 Å². The number of hydrogen-bond acceptors (Lipinski definition) is 4. The summed E-state index contributed by atoms with van der Waals surface area (Å²) in [5, 5.41) is 8.18. The first-order valence-corrected chi connectivity index (χ1v) is 10.6. The summed E-state index contributed by atoms with van der Waals surface area (Å²) in [5.41, 5.74) is 2.22. The van der Waals surface area contributed by atoms with Crippen molar-refractivity contribution in [3.05, 3.63) is 50.9 Å². The number of nitrogens with zero attached hydrogens (tertiary/aromatic N) is 2. The molecule has 0 aliphatic heterocycles. The zero-order chi connectivity index (χ0) is 21.0. The van der Waals surface area contributed by atoms with Crippen molar-refractivity contribution in [2.24, 2.45) is 5.92 Å². The van der Waals surface area contributed by atoms with Gasteiger partial charge in [0.15, 0.2) is 5.82 Å². The highest BCUT2D eigenvalue weighted by atomic mass is 35.5. The third-order valence-corrected chi connectivity index (χ3v) is 6.34. The van der Waals surface area contributed by atoms with Crippen molar-refractivity contribution in [3.63, 3.8) is 0 Å². The standard InChI is InChI=1S/C22H23ClN4O3/c1-11(12-3-4-12)24-21(28)15-10-27-19(18(15)13-5-6-13)22(29)25-20(26-27)14-7-8-16(23)17(9-14)30-2/h7-13H,3-6H2,1-2H3,(H,24,28)(H,25,26,29)/t11-/m1/s1. The summed E-state index contributed by atoms with van der Waals surface area (Å²) in [4.78, 5) is 28.9. The van der Waals surface area contributed by atoms with E-state index in [0.717, 1.165) is 31.2 Å². The molecule has 7 nitrogen and oxygen atoms in total. The van der Waals surface area contributed by atoms with Crippen LogP contribution in [0.1, 0.15) is 54.4 Å². The van der Waals surface area contributed by atoms with E-state index < -0.39 is 0 Å². The van der Waals surface area contributed by atoms with Crippen molar-refractivity contribution in [2.45, 2.75) is 44.6 Å². The van der Waals surface area contributed by atoms with Crippen LogP contribution in [0.5, 0.6) is 5.75 Å². The van der Waals surface area contributed by atoms with Gasteiger partial charge in [0.2, 0.25) is 0 Å². The van der Waals surface area contributed by atoms with Crippen molar-refractivity contribution < 1.29 is 9.53 Å². The average Bonchev–Trinajstić information content (AvgIpc) is 3.64. The molecular formula is C22H23ClN4O3. The minimum absolute atomic E-state index is 0.129. The monoisotopic (exact) mass is 426 g/mol. The molecule has 2 aliphatic carbocycles. The molecule has 2 N–H and O–H groups in total. The molecule has 0 unspecified atom stereocenters. The number of fused-ring (bicyclic) bond motifs is 1. The smallest absolute Gasteiger partial charge is 0.275 e. The number of rotatable bonds is 6. The average molecular weight is 427 g/mol. The number of benzene rings is 1. The van der Waals surface area contributed by atoms with E-state index in [0.29, 0.717) is 39.2 Å². The molecule has 0 spiro atoms. The van der Waals surface area contributed by atoms with Gasteiger partial charge in [-0.05, 0) is 62.6 Å². The Morgan fingerprint density at radius 1 is 1.33 bits per heavy atom. The second kappa shape index (κ2) is 7.16. The van der Waals surface area contributed by atoms with Gasteiger partial charge >= 0.3 is 0 Å². The number of methoxy groups -OCH3 is 1.